The summed E-state index contributed by atoms with van der Waals surface area (Å²) in [5.41, 5.74) is 5.00. The van der Waals surface area contributed by atoms with E-state index in [0.29, 0.717) is 44.5 Å². The molecule has 0 saturated heterocycles. The van der Waals surface area contributed by atoms with Gasteiger partial charge in [-0.3, -0.25) is 9.59 Å². The number of carbonyl (C=O) groups excluding carboxylic acids is 1. The van der Waals surface area contributed by atoms with E-state index in [1.807, 2.05) is 13.0 Å². The summed E-state index contributed by atoms with van der Waals surface area (Å²) in [6, 6.07) is 12.3. The summed E-state index contributed by atoms with van der Waals surface area (Å²) >= 11 is 6.14. The number of nitrogens with zero attached hydrogens (tertiary/aromatic N) is 2. The molecule has 35 heavy (non-hydrogen) atoms. The van der Waals surface area contributed by atoms with Crippen LogP contribution >= 0.6 is 11.6 Å². The molecule has 178 valence electrons. The zero-order valence-electron chi connectivity index (χ0n) is 19.0. The van der Waals surface area contributed by atoms with Gasteiger partial charge in [0.25, 0.3) is 11.4 Å². The zero-order chi connectivity index (χ0) is 24.7. The summed E-state index contributed by atoms with van der Waals surface area (Å²) in [5.74, 6) is 1.32. The number of aromatic nitrogens is 1. The molecule has 0 spiro atoms. The third-order valence-electron chi connectivity index (χ3n) is 5.66. The van der Waals surface area contributed by atoms with Crippen LogP contribution in [0.4, 0.5) is 5.69 Å². The predicted molar refractivity (Wildman–Crippen MR) is 132 cm³/mol. The van der Waals surface area contributed by atoms with Crippen molar-refractivity contribution < 1.29 is 19.1 Å². The van der Waals surface area contributed by atoms with Gasteiger partial charge < -0.3 is 24.2 Å². The Morgan fingerprint density at radius 1 is 1.17 bits per heavy atom. The molecule has 0 bridgehead atoms. The number of pyridine rings is 1. The molecule has 0 radical (unpaired) electrons. The van der Waals surface area contributed by atoms with E-state index >= 15 is 0 Å². The van der Waals surface area contributed by atoms with Crippen LogP contribution in [-0.2, 0) is 16.2 Å². The highest BCUT2D eigenvalue weighted by molar-refractivity contribution is 6.31. The van der Waals surface area contributed by atoms with Crippen molar-refractivity contribution in [3.8, 4) is 11.5 Å². The first-order chi connectivity index (χ1) is 16.8. The number of amides is 1. The SMILES string of the molecule is C=c1cc(C)n(CC(=O)Nc2ccc(C)c(Cl)c2)c(=O)c1=C1N=C(c2ccc3c(c2)OCO3)NO1. The number of nitrogens with one attached hydrogen (secondary N) is 2. The number of hydroxylamine groups is 1. The van der Waals surface area contributed by atoms with E-state index in [1.165, 1.54) is 4.57 Å². The number of aliphatic imine (C=N–C) groups is 1. The molecule has 2 aliphatic rings. The van der Waals surface area contributed by atoms with E-state index in [1.54, 1.807) is 43.3 Å². The Morgan fingerprint density at radius 2 is 1.97 bits per heavy atom. The van der Waals surface area contributed by atoms with Crippen LogP contribution in [0.15, 0.2) is 52.3 Å². The van der Waals surface area contributed by atoms with E-state index in [-0.39, 0.29) is 30.3 Å². The van der Waals surface area contributed by atoms with Crippen molar-refractivity contribution in [1.82, 2.24) is 10.0 Å². The van der Waals surface area contributed by atoms with Crippen molar-refractivity contribution in [1.29, 1.82) is 0 Å². The topological polar surface area (TPSA) is 103 Å². The number of aryl methyl sites for hydroxylation is 2. The summed E-state index contributed by atoms with van der Waals surface area (Å²) in [6.45, 7) is 7.53. The van der Waals surface area contributed by atoms with Gasteiger partial charge in [-0.05, 0) is 61.0 Å². The second-order valence-corrected chi connectivity index (χ2v) is 8.53. The predicted octanol–water partition coefficient (Wildman–Crippen LogP) is 1.94. The largest absolute Gasteiger partial charge is 0.454 e. The van der Waals surface area contributed by atoms with E-state index in [4.69, 9.17) is 25.9 Å². The van der Waals surface area contributed by atoms with Gasteiger partial charge in [-0.2, -0.15) is 4.99 Å². The molecule has 9 nitrogen and oxygen atoms in total. The van der Waals surface area contributed by atoms with Crippen molar-refractivity contribution in [2.24, 2.45) is 4.99 Å². The monoisotopic (exact) mass is 492 g/mol. The molecule has 0 unspecified atom stereocenters. The first-order valence-electron chi connectivity index (χ1n) is 10.7. The Labute approximate surface area is 204 Å². The lowest BCUT2D eigenvalue weighted by Crippen LogP contribution is -2.47. The number of anilines is 1. The van der Waals surface area contributed by atoms with Gasteiger partial charge in [0.2, 0.25) is 12.7 Å². The van der Waals surface area contributed by atoms with Crippen LogP contribution in [0.1, 0.15) is 16.8 Å². The average molecular weight is 493 g/mol. The summed E-state index contributed by atoms with van der Waals surface area (Å²) in [6.07, 6.45) is 0. The van der Waals surface area contributed by atoms with Crippen LogP contribution in [0, 0.1) is 13.8 Å². The molecule has 0 aliphatic carbocycles. The van der Waals surface area contributed by atoms with Gasteiger partial charge in [-0.15, -0.1) is 0 Å². The number of halogens is 1. The van der Waals surface area contributed by atoms with Gasteiger partial charge >= 0.3 is 0 Å². The van der Waals surface area contributed by atoms with Gasteiger partial charge in [0.15, 0.2) is 17.3 Å². The summed E-state index contributed by atoms with van der Waals surface area (Å²) < 4.78 is 12.1. The fourth-order valence-corrected chi connectivity index (χ4v) is 3.97. The average Bonchev–Trinajstić information content (AvgIpc) is 3.48. The molecular formula is C25H21ClN4O5. The molecule has 2 aromatic carbocycles. The minimum absolute atomic E-state index is 0.0622. The van der Waals surface area contributed by atoms with Crippen molar-refractivity contribution in [3.05, 3.63) is 85.1 Å². The fraction of sp³-hybridized carbons (Fsp3) is 0.160. The van der Waals surface area contributed by atoms with Crippen LogP contribution in [0.2, 0.25) is 5.02 Å². The maximum atomic E-state index is 13.4. The number of fused-ring (bicyclic) bond motifs is 1. The number of rotatable bonds is 4. The Bertz CT molecular complexity index is 1580. The zero-order valence-corrected chi connectivity index (χ0v) is 19.7. The number of benzene rings is 2. The van der Waals surface area contributed by atoms with Crippen molar-refractivity contribution in [2.75, 3.05) is 12.1 Å². The second-order valence-electron chi connectivity index (χ2n) is 8.13. The van der Waals surface area contributed by atoms with Crippen LogP contribution in [0.25, 0.3) is 12.5 Å². The second kappa shape index (κ2) is 8.84. The molecular weight excluding hydrogens is 472 g/mol. The van der Waals surface area contributed by atoms with Gasteiger partial charge in [0.1, 0.15) is 11.8 Å². The highest BCUT2D eigenvalue weighted by Gasteiger charge is 2.21. The summed E-state index contributed by atoms with van der Waals surface area (Å²) in [5, 5.41) is 3.90. The highest BCUT2D eigenvalue weighted by atomic mass is 35.5. The Hall–Kier alpha value is -4.24. The number of ether oxygens (including phenoxy) is 2. The van der Waals surface area contributed by atoms with Crippen molar-refractivity contribution in [3.63, 3.8) is 0 Å². The van der Waals surface area contributed by atoms with E-state index in [9.17, 15) is 9.59 Å². The molecule has 0 saturated carbocycles. The first-order valence-corrected chi connectivity index (χ1v) is 11.1. The van der Waals surface area contributed by atoms with E-state index < -0.39 is 5.56 Å². The maximum Gasteiger partial charge on any atom is 0.264 e. The van der Waals surface area contributed by atoms with Crippen LogP contribution in [-0.4, -0.2) is 23.1 Å². The number of amidine groups is 1. The third kappa shape index (κ3) is 4.33. The highest BCUT2D eigenvalue weighted by Crippen LogP contribution is 2.33. The Balaban J connectivity index is 1.48. The quantitative estimate of drug-likeness (QED) is 0.577. The van der Waals surface area contributed by atoms with E-state index in [0.717, 1.165) is 5.56 Å². The van der Waals surface area contributed by atoms with Crippen molar-refractivity contribution in [2.45, 2.75) is 20.4 Å². The molecule has 3 aromatic rings. The van der Waals surface area contributed by atoms with Crippen molar-refractivity contribution >= 4 is 41.5 Å². The van der Waals surface area contributed by atoms with Gasteiger partial charge in [-0.25, -0.2) is 5.48 Å². The lowest BCUT2D eigenvalue weighted by molar-refractivity contribution is -0.116. The molecule has 5 rings (SSSR count). The first kappa shape index (κ1) is 22.5. The maximum absolute atomic E-state index is 13.4. The summed E-state index contributed by atoms with van der Waals surface area (Å²) in [4.78, 5) is 36.0. The Kier molecular flexibility index (Phi) is 5.70. The van der Waals surface area contributed by atoms with Gasteiger partial charge in [-0.1, -0.05) is 24.2 Å². The molecule has 0 fully saturated rings. The molecule has 3 heterocycles. The fourth-order valence-electron chi connectivity index (χ4n) is 3.79. The normalized spacial score (nSPS) is 15.3. The Morgan fingerprint density at radius 3 is 2.77 bits per heavy atom. The lowest BCUT2D eigenvalue weighted by Gasteiger charge is -2.11. The van der Waals surface area contributed by atoms with Crippen LogP contribution in [0.3, 0.4) is 0 Å². The molecule has 2 aliphatic heterocycles. The number of hydrogen-bond acceptors (Lipinski definition) is 7. The third-order valence-corrected chi connectivity index (χ3v) is 6.07. The number of carbonyl (C=O) groups is 1. The minimum Gasteiger partial charge on any atom is -0.454 e. The van der Waals surface area contributed by atoms with Gasteiger partial charge in [0.05, 0.1) is 0 Å². The van der Waals surface area contributed by atoms with Gasteiger partial charge in [0, 0.05) is 22.0 Å². The molecule has 2 N–H and O–H groups in total. The molecule has 10 heteroatoms. The molecule has 1 aromatic heterocycles. The standard InChI is InChI=1S/C25H21ClN4O5/c1-13-4-6-17(10-18(13)26)27-21(31)11-30-15(3)8-14(2)22(25(30)32)24-28-23(29-35-24)16-5-7-19-20(9-16)34-12-33-19/h4-10H,2,11-12H2,1,3H3,(H,27,31)(H,28,29). The summed E-state index contributed by atoms with van der Waals surface area (Å²) in [7, 11) is 0. The van der Waals surface area contributed by atoms with Crippen LogP contribution < -0.4 is 36.3 Å². The smallest absolute Gasteiger partial charge is 0.264 e. The minimum atomic E-state index is -0.445. The molecule has 1 amide bonds. The van der Waals surface area contributed by atoms with E-state index in [2.05, 4.69) is 22.4 Å². The molecule has 0 atom stereocenters. The lowest BCUT2D eigenvalue weighted by atomic mass is 10.2. The number of hydrogen-bond donors (Lipinski definition) is 2. The van der Waals surface area contributed by atoms with Crippen LogP contribution in [0.5, 0.6) is 11.5 Å².